The number of para-hydroxylation sites is 2. The van der Waals surface area contributed by atoms with E-state index in [1.807, 2.05) is 36.5 Å². The van der Waals surface area contributed by atoms with Gasteiger partial charge in [-0.1, -0.05) is 103 Å². The fraction of sp³-hybridized carbons (Fsp3) is 0.106. The predicted molar refractivity (Wildman–Crippen MR) is 211 cm³/mol. The molecule has 0 N–H and O–H groups in total. The molecule has 2 aliphatic carbocycles. The minimum absolute atomic E-state index is 0.608. The van der Waals surface area contributed by atoms with Gasteiger partial charge in [-0.2, -0.15) is 0 Å². The number of rotatable bonds is 5. The Morgan fingerprint density at radius 3 is 1.73 bits per heavy atom. The van der Waals surface area contributed by atoms with Gasteiger partial charge in [-0.05, 0) is 90.1 Å². The number of fused-ring (bicyclic) bond motifs is 9. The summed E-state index contributed by atoms with van der Waals surface area (Å²) in [6, 6.07) is 51.4. The van der Waals surface area contributed by atoms with E-state index in [1.165, 1.54) is 52.2 Å². The molecule has 0 saturated heterocycles. The molecule has 9 aromatic rings. The molecule has 5 heteroatoms. The Kier molecular flexibility index (Phi) is 6.50. The first-order chi connectivity index (χ1) is 25.8. The van der Waals surface area contributed by atoms with Crippen LogP contribution in [0.5, 0.6) is 0 Å². The van der Waals surface area contributed by atoms with E-state index in [9.17, 15) is 0 Å². The largest absolute Gasteiger partial charge is 0.309 e. The van der Waals surface area contributed by atoms with Gasteiger partial charge in [-0.25, -0.2) is 15.0 Å². The third kappa shape index (κ3) is 4.55. The van der Waals surface area contributed by atoms with E-state index in [1.54, 1.807) is 5.56 Å². The van der Waals surface area contributed by atoms with Gasteiger partial charge in [0.25, 0.3) is 0 Å². The van der Waals surface area contributed by atoms with Crippen LogP contribution in [-0.2, 0) is 0 Å². The van der Waals surface area contributed by atoms with E-state index in [-0.39, 0.29) is 0 Å². The number of hydrogen-bond acceptors (Lipinski definition) is 4. The molecule has 0 aliphatic heterocycles. The first kappa shape index (κ1) is 29.3. The molecule has 0 radical (unpaired) electrons. The first-order valence-electron chi connectivity index (χ1n) is 18.2. The van der Waals surface area contributed by atoms with Gasteiger partial charge in [0.1, 0.15) is 0 Å². The second kappa shape index (κ2) is 11.5. The number of hydrogen-bond donors (Lipinski definition) is 0. The molecule has 6 aromatic carbocycles. The number of pyridine rings is 1. The molecule has 1 saturated carbocycles. The molecule has 3 heterocycles. The number of aromatic nitrogens is 5. The van der Waals surface area contributed by atoms with Crippen LogP contribution in [0.2, 0.25) is 0 Å². The van der Waals surface area contributed by atoms with E-state index in [2.05, 4.69) is 120 Å². The van der Waals surface area contributed by atoms with Crippen LogP contribution in [0, 0.1) is 0 Å². The topological polar surface area (TPSA) is 56.5 Å². The summed E-state index contributed by atoms with van der Waals surface area (Å²) in [6.45, 7) is 0. The van der Waals surface area contributed by atoms with Crippen LogP contribution in [0.15, 0.2) is 152 Å². The van der Waals surface area contributed by atoms with Gasteiger partial charge in [0.15, 0.2) is 17.5 Å². The highest BCUT2D eigenvalue weighted by atomic mass is 15.0. The van der Waals surface area contributed by atoms with Crippen molar-refractivity contribution in [3.8, 4) is 51.1 Å². The molecule has 2 atom stereocenters. The van der Waals surface area contributed by atoms with E-state index < -0.39 is 0 Å². The highest BCUT2D eigenvalue weighted by Crippen LogP contribution is 2.53. The van der Waals surface area contributed by atoms with Crippen molar-refractivity contribution in [2.45, 2.75) is 31.1 Å². The lowest BCUT2D eigenvalue weighted by Crippen LogP contribution is -2.02. The number of nitrogens with zero attached hydrogens (tertiary/aromatic N) is 5. The second-order valence-electron chi connectivity index (χ2n) is 14.2. The molecule has 246 valence electrons. The molecule has 0 amide bonds. The summed E-state index contributed by atoms with van der Waals surface area (Å²) in [7, 11) is 0. The standard InChI is InChI=1S/C47H33N5/c1-2-10-29(11-3-1)45-49-46(30-20-23-34(24-21-30)52-42-16-8-6-13-37(42)38-14-7-9-17-43(38)52)51-47(50-45)41-28-48-44(39-15-5-4-12-36(39)41)33-22-25-35-31-18-19-32(26-31)40(35)27-33/h1-17,20-25,27-28,31-32H,18-19,26H2. The second-order valence-corrected chi connectivity index (χ2v) is 14.2. The monoisotopic (exact) mass is 667 g/mol. The van der Waals surface area contributed by atoms with Crippen LogP contribution in [-0.4, -0.2) is 24.5 Å². The first-order valence-corrected chi connectivity index (χ1v) is 18.2. The van der Waals surface area contributed by atoms with E-state index in [0.29, 0.717) is 23.4 Å². The van der Waals surface area contributed by atoms with Crippen molar-refractivity contribution in [2.24, 2.45) is 0 Å². The van der Waals surface area contributed by atoms with E-state index in [4.69, 9.17) is 19.9 Å². The Morgan fingerprint density at radius 2 is 1.02 bits per heavy atom. The molecular formula is C47H33N5. The van der Waals surface area contributed by atoms with Crippen molar-refractivity contribution in [3.05, 3.63) is 163 Å². The molecule has 2 bridgehead atoms. The lowest BCUT2D eigenvalue weighted by Gasteiger charge is -2.17. The molecule has 2 aliphatic rings. The molecule has 5 nitrogen and oxygen atoms in total. The Morgan fingerprint density at radius 1 is 0.462 bits per heavy atom. The molecule has 52 heavy (non-hydrogen) atoms. The van der Waals surface area contributed by atoms with Crippen molar-refractivity contribution in [1.82, 2.24) is 24.5 Å². The summed E-state index contributed by atoms with van der Waals surface area (Å²) in [6.07, 6.45) is 5.90. The van der Waals surface area contributed by atoms with Crippen LogP contribution < -0.4 is 0 Å². The van der Waals surface area contributed by atoms with Crippen molar-refractivity contribution < 1.29 is 0 Å². The maximum absolute atomic E-state index is 5.15. The van der Waals surface area contributed by atoms with Crippen LogP contribution in [0.1, 0.15) is 42.2 Å². The molecule has 3 aromatic heterocycles. The van der Waals surface area contributed by atoms with Gasteiger partial charge >= 0.3 is 0 Å². The Hall–Kier alpha value is -6.46. The minimum atomic E-state index is 0.608. The SMILES string of the molecule is c1ccc(-c2nc(-c3ccc(-n4c5ccccc5c5ccccc54)cc3)nc(-c3cnc(-c4ccc5c(c4)C4CCC5C4)c4ccccc34)n2)cc1. The van der Waals surface area contributed by atoms with Gasteiger partial charge in [0.05, 0.1) is 16.7 Å². The molecular weight excluding hydrogens is 635 g/mol. The normalized spacial score (nSPS) is 16.2. The Bertz CT molecular complexity index is 2780. The lowest BCUT2D eigenvalue weighted by molar-refractivity contribution is 0.718. The summed E-state index contributed by atoms with van der Waals surface area (Å²) in [4.78, 5) is 20.4. The third-order valence-electron chi connectivity index (χ3n) is 11.3. The molecule has 1 fully saturated rings. The zero-order valence-electron chi connectivity index (χ0n) is 28.4. The predicted octanol–water partition coefficient (Wildman–Crippen LogP) is 11.5. The van der Waals surface area contributed by atoms with Crippen molar-refractivity contribution >= 4 is 32.6 Å². The summed E-state index contributed by atoms with van der Waals surface area (Å²) < 4.78 is 2.33. The fourth-order valence-corrected chi connectivity index (χ4v) is 8.90. The minimum Gasteiger partial charge on any atom is -0.309 e. The molecule has 11 rings (SSSR count). The van der Waals surface area contributed by atoms with Crippen LogP contribution >= 0.6 is 0 Å². The number of benzene rings is 6. The highest BCUT2D eigenvalue weighted by molar-refractivity contribution is 6.09. The lowest BCUT2D eigenvalue weighted by atomic mass is 9.89. The van der Waals surface area contributed by atoms with E-state index in [0.717, 1.165) is 44.8 Å². The Labute approximate surface area is 301 Å². The van der Waals surface area contributed by atoms with Gasteiger partial charge < -0.3 is 4.57 Å². The summed E-state index contributed by atoms with van der Waals surface area (Å²) in [5.74, 6) is 3.30. The van der Waals surface area contributed by atoms with Crippen molar-refractivity contribution in [1.29, 1.82) is 0 Å². The average molecular weight is 668 g/mol. The summed E-state index contributed by atoms with van der Waals surface area (Å²) in [5.41, 5.74) is 11.5. The maximum Gasteiger partial charge on any atom is 0.166 e. The quantitative estimate of drug-likeness (QED) is 0.183. The smallest absolute Gasteiger partial charge is 0.166 e. The van der Waals surface area contributed by atoms with Crippen molar-refractivity contribution in [2.75, 3.05) is 0 Å². The van der Waals surface area contributed by atoms with Gasteiger partial charge in [0, 0.05) is 50.3 Å². The average Bonchev–Trinajstić information content (AvgIpc) is 3.94. The van der Waals surface area contributed by atoms with E-state index >= 15 is 0 Å². The highest BCUT2D eigenvalue weighted by Gasteiger charge is 2.36. The van der Waals surface area contributed by atoms with Gasteiger partial charge in [-0.15, -0.1) is 0 Å². The van der Waals surface area contributed by atoms with Crippen LogP contribution in [0.25, 0.3) is 83.7 Å². The zero-order valence-corrected chi connectivity index (χ0v) is 28.4. The van der Waals surface area contributed by atoms with Crippen LogP contribution in [0.4, 0.5) is 0 Å². The van der Waals surface area contributed by atoms with Gasteiger partial charge in [0.2, 0.25) is 0 Å². The molecule has 2 unspecified atom stereocenters. The third-order valence-corrected chi connectivity index (χ3v) is 11.3. The van der Waals surface area contributed by atoms with Gasteiger partial charge in [-0.3, -0.25) is 4.98 Å². The van der Waals surface area contributed by atoms with Crippen molar-refractivity contribution in [3.63, 3.8) is 0 Å². The molecule has 0 spiro atoms. The maximum atomic E-state index is 5.15. The fourth-order valence-electron chi connectivity index (χ4n) is 8.90. The van der Waals surface area contributed by atoms with Crippen LogP contribution in [0.3, 0.4) is 0 Å². The Balaban J connectivity index is 1.04. The summed E-state index contributed by atoms with van der Waals surface area (Å²) >= 11 is 0. The zero-order chi connectivity index (χ0) is 34.2. The summed E-state index contributed by atoms with van der Waals surface area (Å²) in [5, 5.41) is 4.66.